The second-order valence-electron chi connectivity index (χ2n) is 9.54. The monoisotopic (exact) mass is 481 g/mol. The van der Waals surface area contributed by atoms with Gasteiger partial charge < -0.3 is 10.1 Å². The third kappa shape index (κ3) is 13.7. The average Bonchev–Trinajstić information content (AvgIpc) is 2.85. The third-order valence-corrected chi connectivity index (χ3v) is 6.68. The molecule has 0 heterocycles. The third-order valence-electron chi connectivity index (χ3n) is 6.50. The van der Waals surface area contributed by atoms with Crippen molar-refractivity contribution in [2.45, 2.75) is 116 Å². The number of ether oxygens (including phenoxy) is 1. The van der Waals surface area contributed by atoms with E-state index in [0.29, 0.717) is 5.17 Å². The van der Waals surface area contributed by atoms with Gasteiger partial charge in [-0.1, -0.05) is 140 Å². The van der Waals surface area contributed by atoms with Crippen LogP contribution in [0.5, 0.6) is 5.75 Å². The highest BCUT2D eigenvalue weighted by molar-refractivity contribution is 7.80. The predicted molar refractivity (Wildman–Crippen MR) is 153 cm³/mol. The number of nitrogens with one attached hydrogen (secondary N) is 1. The maximum absolute atomic E-state index is 5.95. The van der Waals surface area contributed by atoms with Crippen LogP contribution in [-0.2, 0) is 6.42 Å². The zero-order valence-corrected chi connectivity index (χ0v) is 22.3. The van der Waals surface area contributed by atoms with Gasteiger partial charge in [-0.25, -0.2) is 0 Å². The highest BCUT2D eigenvalue weighted by atomic mass is 32.1. The van der Waals surface area contributed by atoms with Gasteiger partial charge in [0.1, 0.15) is 5.75 Å². The molecule has 0 atom stereocenters. The van der Waals surface area contributed by atoms with Gasteiger partial charge in [0, 0.05) is 5.69 Å². The topological polar surface area (TPSA) is 21.3 Å². The molecule has 1 N–H and O–H groups in total. The van der Waals surface area contributed by atoms with E-state index in [9.17, 15) is 0 Å². The number of unbranched alkanes of at least 4 members (excludes halogenated alkanes) is 15. The summed E-state index contributed by atoms with van der Waals surface area (Å²) in [7, 11) is 0. The van der Waals surface area contributed by atoms with E-state index >= 15 is 0 Å². The van der Waals surface area contributed by atoms with E-state index in [0.717, 1.165) is 17.9 Å². The molecule has 2 nitrogen and oxygen atoms in total. The van der Waals surface area contributed by atoms with Crippen molar-refractivity contribution >= 4 is 23.1 Å². The van der Waals surface area contributed by atoms with Crippen molar-refractivity contribution in [1.29, 1.82) is 0 Å². The number of para-hydroxylation sites is 2. The van der Waals surface area contributed by atoms with Crippen LogP contribution >= 0.6 is 12.2 Å². The Balaban J connectivity index is 1.47. The number of benzene rings is 2. The van der Waals surface area contributed by atoms with E-state index in [2.05, 4.69) is 24.4 Å². The molecule has 0 aliphatic heterocycles. The van der Waals surface area contributed by atoms with Crippen molar-refractivity contribution < 1.29 is 4.74 Å². The van der Waals surface area contributed by atoms with Crippen molar-refractivity contribution in [2.75, 3.05) is 5.32 Å². The molecule has 0 bridgehead atoms. The molecule has 0 spiro atoms. The molecule has 2 rings (SSSR count). The number of hydrogen-bond acceptors (Lipinski definition) is 2. The number of anilines is 1. The van der Waals surface area contributed by atoms with Crippen molar-refractivity contribution in [2.24, 2.45) is 0 Å². The Morgan fingerprint density at radius 2 is 1.09 bits per heavy atom. The Morgan fingerprint density at radius 1 is 0.618 bits per heavy atom. The summed E-state index contributed by atoms with van der Waals surface area (Å²) in [5.41, 5.74) is 2.19. The van der Waals surface area contributed by atoms with E-state index in [1.807, 2.05) is 42.5 Å². The van der Waals surface area contributed by atoms with Crippen LogP contribution in [0.1, 0.15) is 115 Å². The fourth-order valence-corrected chi connectivity index (χ4v) is 4.65. The minimum atomic E-state index is 0.394. The summed E-state index contributed by atoms with van der Waals surface area (Å²) in [5, 5.41) is 3.54. The first-order chi connectivity index (χ1) is 16.8. The van der Waals surface area contributed by atoms with Gasteiger partial charge in [-0.3, -0.25) is 0 Å². The molecule has 2 aromatic rings. The van der Waals surface area contributed by atoms with Gasteiger partial charge in [0.05, 0.1) is 0 Å². The molecule has 3 heteroatoms. The molecule has 0 radical (unpaired) electrons. The molecule has 2 aromatic carbocycles. The molecule has 0 saturated carbocycles. The summed E-state index contributed by atoms with van der Waals surface area (Å²) < 4.78 is 5.95. The van der Waals surface area contributed by atoms with E-state index in [4.69, 9.17) is 17.0 Å². The molecule has 0 aromatic heterocycles. The fourth-order valence-electron chi connectivity index (χ4n) is 4.44. The Morgan fingerprint density at radius 3 is 1.65 bits per heavy atom. The summed E-state index contributed by atoms with van der Waals surface area (Å²) in [4.78, 5) is 0. The highest BCUT2D eigenvalue weighted by Gasteiger charge is 2.06. The maximum Gasteiger partial charge on any atom is 0.266 e. The van der Waals surface area contributed by atoms with Crippen LogP contribution in [0, 0.1) is 0 Å². The van der Waals surface area contributed by atoms with Crippen LogP contribution < -0.4 is 10.1 Å². The molecule has 0 fully saturated rings. The van der Waals surface area contributed by atoms with Gasteiger partial charge >= 0.3 is 0 Å². The molecule has 0 aliphatic rings. The van der Waals surface area contributed by atoms with Crippen LogP contribution in [-0.4, -0.2) is 5.17 Å². The quantitative estimate of drug-likeness (QED) is 0.159. The van der Waals surface area contributed by atoms with Gasteiger partial charge in [0.25, 0.3) is 5.17 Å². The number of rotatable bonds is 19. The molecule has 188 valence electrons. The number of hydrogen-bond donors (Lipinski definition) is 1. The smallest absolute Gasteiger partial charge is 0.266 e. The zero-order valence-electron chi connectivity index (χ0n) is 21.5. The van der Waals surface area contributed by atoms with E-state index in [1.165, 1.54) is 108 Å². The van der Waals surface area contributed by atoms with Crippen molar-refractivity contribution in [3.8, 4) is 5.75 Å². The van der Waals surface area contributed by atoms with Crippen LogP contribution in [0.25, 0.3) is 0 Å². The Bertz CT molecular complexity index is 761. The van der Waals surface area contributed by atoms with Gasteiger partial charge in [-0.15, -0.1) is 0 Å². The lowest BCUT2D eigenvalue weighted by Crippen LogP contribution is -2.17. The lowest BCUT2D eigenvalue weighted by Gasteiger charge is -2.13. The molecule has 0 unspecified atom stereocenters. The van der Waals surface area contributed by atoms with Crippen molar-refractivity contribution in [3.05, 3.63) is 60.2 Å². The summed E-state index contributed by atoms with van der Waals surface area (Å²) in [6.07, 6.45) is 23.4. The predicted octanol–water partition coefficient (Wildman–Crippen LogP) is 10.3. The second-order valence-corrected chi connectivity index (χ2v) is 9.91. The largest absolute Gasteiger partial charge is 0.431 e. The van der Waals surface area contributed by atoms with Gasteiger partial charge in [0.2, 0.25) is 0 Å². The maximum atomic E-state index is 5.95. The second kappa shape index (κ2) is 19.4. The number of aryl methyl sites for hydroxylation is 1. The Hall–Kier alpha value is -1.87. The highest BCUT2D eigenvalue weighted by Crippen LogP contribution is 2.22. The van der Waals surface area contributed by atoms with E-state index in [1.54, 1.807) is 0 Å². The molecule has 0 saturated heterocycles. The van der Waals surface area contributed by atoms with Crippen LogP contribution in [0.3, 0.4) is 0 Å². The molecular weight excluding hydrogens is 434 g/mol. The minimum absolute atomic E-state index is 0.394. The minimum Gasteiger partial charge on any atom is -0.431 e. The summed E-state index contributed by atoms with van der Waals surface area (Å²) >= 11 is 5.40. The Labute approximate surface area is 214 Å². The summed E-state index contributed by atoms with van der Waals surface area (Å²) in [6.45, 7) is 2.29. The normalized spacial score (nSPS) is 10.9. The standard InChI is InChI=1S/C31H47NOS/c1-2-3-4-5-6-7-8-9-10-11-12-13-14-15-16-18-23-28-24-21-22-27-30(28)33-31(34)32-29-25-19-17-20-26-29/h17,19-22,24-27H,2-16,18,23H2,1H3,(H,32,34). The first-order valence-electron chi connectivity index (χ1n) is 13.9. The van der Waals surface area contributed by atoms with Gasteiger partial charge in [0.15, 0.2) is 0 Å². The van der Waals surface area contributed by atoms with Gasteiger partial charge in [-0.2, -0.15) is 0 Å². The Kier molecular flexibility index (Phi) is 16.2. The summed E-state index contributed by atoms with van der Waals surface area (Å²) in [5.74, 6) is 0.872. The molecule has 0 aliphatic carbocycles. The fraction of sp³-hybridized carbons (Fsp3) is 0.581. The first-order valence-corrected chi connectivity index (χ1v) is 14.3. The lowest BCUT2D eigenvalue weighted by molar-refractivity contribution is 0.527. The lowest BCUT2D eigenvalue weighted by atomic mass is 10.0. The SMILES string of the molecule is CCCCCCCCCCCCCCCCCCc1ccccc1OC(=S)Nc1ccccc1. The average molecular weight is 482 g/mol. The zero-order chi connectivity index (χ0) is 24.1. The van der Waals surface area contributed by atoms with Gasteiger partial charge in [-0.05, 0) is 48.8 Å². The molecule has 34 heavy (non-hydrogen) atoms. The first kappa shape index (κ1) is 28.4. The van der Waals surface area contributed by atoms with Crippen LogP contribution in [0.4, 0.5) is 5.69 Å². The summed E-state index contributed by atoms with van der Waals surface area (Å²) in [6, 6.07) is 18.2. The van der Waals surface area contributed by atoms with Crippen LogP contribution in [0.2, 0.25) is 0 Å². The molecule has 0 amide bonds. The van der Waals surface area contributed by atoms with Crippen LogP contribution in [0.15, 0.2) is 54.6 Å². The number of thiocarbonyl (C=S) groups is 1. The molecular formula is C31H47NOS. The van der Waals surface area contributed by atoms with E-state index < -0.39 is 0 Å². The van der Waals surface area contributed by atoms with E-state index in [-0.39, 0.29) is 0 Å². The van der Waals surface area contributed by atoms with Crippen molar-refractivity contribution in [3.63, 3.8) is 0 Å². The van der Waals surface area contributed by atoms with Crippen molar-refractivity contribution in [1.82, 2.24) is 0 Å².